The quantitative estimate of drug-likeness (QED) is 0.753. The average Bonchev–Trinajstić information content (AvgIpc) is 2.46. The number of nitrogens with two attached hydrogens (primary N) is 1. The minimum Gasteiger partial charge on any atom is -0.383 e. The molecule has 1 rings (SSSR count). The van der Waals surface area contributed by atoms with Gasteiger partial charge in [0.15, 0.2) is 0 Å². The molecular weight excluding hydrogens is 252 g/mol. The summed E-state index contributed by atoms with van der Waals surface area (Å²) in [6.07, 6.45) is 5.66. The zero-order valence-electron chi connectivity index (χ0n) is 13.2. The molecule has 0 aliphatic rings. The fraction of sp³-hybridized carbons (Fsp3) is 0.733. The molecule has 0 aromatic carbocycles. The number of aromatic nitrogens is 2. The monoisotopic (exact) mass is 280 g/mol. The molecular formula is C15H28N4O. The van der Waals surface area contributed by atoms with Crippen molar-refractivity contribution in [3.8, 4) is 0 Å². The summed E-state index contributed by atoms with van der Waals surface area (Å²) in [5.41, 5.74) is 7.12. The molecule has 114 valence electrons. The van der Waals surface area contributed by atoms with Crippen molar-refractivity contribution in [2.75, 3.05) is 30.9 Å². The Balaban J connectivity index is 3.14. The summed E-state index contributed by atoms with van der Waals surface area (Å²) in [4.78, 5) is 11.0. The van der Waals surface area contributed by atoms with Crippen molar-refractivity contribution in [3.63, 3.8) is 0 Å². The highest BCUT2D eigenvalue weighted by Crippen LogP contribution is 2.26. The van der Waals surface area contributed by atoms with Gasteiger partial charge in [-0.05, 0) is 19.3 Å². The zero-order valence-corrected chi connectivity index (χ0v) is 13.2. The zero-order chi connectivity index (χ0) is 15.0. The van der Waals surface area contributed by atoms with E-state index < -0.39 is 0 Å². The highest BCUT2D eigenvalue weighted by atomic mass is 16.5. The van der Waals surface area contributed by atoms with Gasteiger partial charge in [0.1, 0.15) is 18.0 Å². The molecule has 0 aliphatic heterocycles. The first kappa shape index (κ1) is 16.7. The van der Waals surface area contributed by atoms with E-state index in [4.69, 9.17) is 10.5 Å². The Morgan fingerprint density at radius 1 is 1.25 bits per heavy atom. The van der Waals surface area contributed by atoms with Crippen molar-refractivity contribution in [1.29, 1.82) is 0 Å². The molecule has 0 amide bonds. The predicted octanol–water partition coefficient (Wildman–Crippen LogP) is 2.65. The molecule has 0 unspecified atom stereocenters. The number of hydrogen-bond acceptors (Lipinski definition) is 5. The van der Waals surface area contributed by atoms with E-state index in [-0.39, 0.29) is 0 Å². The van der Waals surface area contributed by atoms with E-state index in [1.807, 2.05) is 0 Å². The SMILES string of the molecule is CCCc1c(N)ncnc1N(CCOC)C(CC)CC. The van der Waals surface area contributed by atoms with Crippen LogP contribution in [0.3, 0.4) is 0 Å². The molecule has 1 aromatic heterocycles. The van der Waals surface area contributed by atoms with Crippen LogP contribution in [0.1, 0.15) is 45.6 Å². The fourth-order valence-electron chi connectivity index (χ4n) is 2.53. The Kier molecular flexibility index (Phi) is 7.30. The lowest BCUT2D eigenvalue weighted by atomic mass is 10.1. The van der Waals surface area contributed by atoms with Crippen LogP contribution in [0.4, 0.5) is 11.6 Å². The van der Waals surface area contributed by atoms with E-state index >= 15 is 0 Å². The molecule has 0 saturated carbocycles. The molecule has 0 atom stereocenters. The summed E-state index contributed by atoms with van der Waals surface area (Å²) in [5, 5.41) is 0. The molecule has 20 heavy (non-hydrogen) atoms. The van der Waals surface area contributed by atoms with E-state index in [2.05, 4.69) is 35.6 Å². The van der Waals surface area contributed by atoms with Gasteiger partial charge in [-0.15, -0.1) is 0 Å². The second-order valence-corrected chi connectivity index (χ2v) is 4.97. The molecule has 2 N–H and O–H groups in total. The average molecular weight is 280 g/mol. The van der Waals surface area contributed by atoms with Gasteiger partial charge in [-0.1, -0.05) is 27.2 Å². The third-order valence-electron chi connectivity index (χ3n) is 3.65. The van der Waals surface area contributed by atoms with Crippen LogP contribution in [0.25, 0.3) is 0 Å². The number of nitrogen functional groups attached to an aromatic ring is 1. The van der Waals surface area contributed by atoms with Crippen LogP contribution in [0.15, 0.2) is 6.33 Å². The summed E-state index contributed by atoms with van der Waals surface area (Å²) in [6, 6.07) is 0.454. The van der Waals surface area contributed by atoms with Gasteiger partial charge >= 0.3 is 0 Å². The Morgan fingerprint density at radius 3 is 2.50 bits per heavy atom. The Labute approximate surface area is 122 Å². The van der Waals surface area contributed by atoms with Gasteiger partial charge in [0.25, 0.3) is 0 Å². The minimum atomic E-state index is 0.454. The maximum Gasteiger partial charge on any atom is 0.137 e. The number of hydrogen-bond donors (Lipinski definition) is 1. The Hall–Kier alpha value is -1.36. The molecule has 0 spiro atoms. The van der Waals surface area contributed by atoms with E-state index in [0.29, 0.717) is 18.5 Å². The summed E-state index contributed by atoms with van der Waals surface area (Å²) in [5.74, 6) is 1.58. The first-order valence-corrected chi connectivity index (χ1v) is 7.54. The second kappa shape index (κ2) is 8.74. The second-order valence-electron chi connectivity index (χ2n) is 4.97. The highest BCUT2D eigenvalue weighted by Gasteiger charge is 2.21. The van der Waals surface area contributed by atoms with E-state index in [1.54, 1.807) is 13.4 Å². The van der Waals surface area contributed by atoms with Crippen molar-refractivity contribution >= 4 is 11.6 Å². The fourth-order valence-corrected chi connectivity index (χ4v) is 2.53. The molecule has 0 aliphatic carbocycles. The molecule has 1 aromatic rings. The Morgan fingerprint density at radius 2 is 1.95 bits per heavy atom. The van der Waals surface area contributed by atoms with Crippen LogP contribution in [0.5, 0.6) is 0 Å². The lowest BCUT2D eigenvalue weighted by Crippen LogP contribution is -2.38. The first-order valence-electron chi connectivity index (χ1n) is 7.54. The normalized spacial score (nSPS) is 11.1. The number of methoxy groups -OCH3 is 1. The number of anilines is 2. The molecule has 0 saturated heterocycles. The first-order chi connectivity index (χ1) is 9.69. The van der Waals surface area contributed by atoms with Crippen molar-refractivity contribution in [2.45, 2.75) is 52.5 Å². The van der Waals surface area contributed by atoms with E-state index in [1.165, 1.54) is 0 Å². The highest BCUT2D eigenvalue weighted by molar-refractivity contribution is 5.57. The van der Waals surface area contributed by atoms with Crippen molar-refractivity contribution in [1.82, 2.24) is 9.97 Å². The van der Waals surface area contributed by atoms with Gasteiger partial charge in [0.2, 0.25) is 0 Å². The maximum absolute atomic E-state index is 6.05. The van der Waals surface area contributed by atoms with Crippen LogP contribution < -0.4 is 10.6 Å². The molecule has 0 fully saturated rings. The van der Waals surface area contributed by atoms with Crippen LogP contribution in [-0.2, 0) is 11.2 Å². The molecule has 5 nitrogen and oxygen atoms in total. The maximum atomic E-state index is 6.05. The minimum absolute atomic E-state index is 0.454. The van der Waals surface area contributed by atoms with E-state index in [9.17, 15) is 0 Å². The van der Waals surface area contributed by atoms with Gasteiger partial charge < -0.3 is 15.4 Å². The summed E-state index contributed by atoms with van der Waals surface area (Å²) in [7, 11) is 1.73. The van der Waals surface area contributed by atoms with Crippen LogP contribution in [-0.4, -0.2) is 36.3 Å². The molecule has 1 heterocycles. The van der Waals surface area contributed by atoms with Crippen LogP contribution >= 0.6 is 0 Å². The smallest absolute Gasteiger partial charge is 0.137 e. The van der Waals surface area contributed by atoms with Crippen molar-refractivity contribution < 1.29 is 4.74 Å². The number of rotatable bonds is 9. The van der Waals surface area contributed by atoms with Gasteiger partial charge in [-0.2, -0.15) is 0 Å². The topological polar surface area (TPSA) is 64.3 Å². The standard InChI is InChI=1S/C15H28N4O/c1-5-8-13-14(16)17-11-18-15(13)19(9-10-20-4)12(6-2)7-3/h11-12H,5-10H2,1-4H3,(H2,16,17,18). The Bertz CT molecular complexity index is 393. The lowest BCUT2D eigenvalue weighted by Gasteiger charge is -2.33. The molecule has 0 bridgehead atoms. The third-order valence-corrected chi connectivity index (χ3v) is 3.65. The van der Waals surface area contributed by atoms with E-state index in [0.717, 1.165) is 43.6 Å². The van der Waals surface area contributed by atoms with Crippen LogP contribution in [0.2, 0.25) is 0 Å². The van der Waals surface area contributed by atoms with Crippen LogP contribution in [0, 0.1) is 0 Å². The largest absolute Gasteiger partial charge is 0.383 e. The van der Waals surface area contributed by atoms with Gasteiger partial charge in [-0.3, -0.25) is 0 Å². The third kappa shape index (κ3) is 4.07. The number of nitrogens with zero attached hydrogens (tertiary/aromatic N) is 3. The lowest BCUT2D eigenvalue weighted by molar-refractivity contribution is 0.202. The number of ether oxygens (including phenoxy) is 1. The summed E-state index contributed by atoms with van der Waals surface area (Å²) in [6.45, 7) is 8.07. The van der Waals surface area contributed by atoms with Crippen molar-refractivity contribution in [2.24, 2.45) is 0 Å². The van der Waals surface area contributed by atoms with Gasteiger partial charge in [0.05, 0.1) is 6.61 Å². The summed E-state index contributed by atoms with van der Waals surface area (Å²) < 4.78 is 5.25. The van der Waals surface area contributed by atoms with Gasteiger partial charge in [-0.25, -0.2) is 9.97 Å². The molecule has 0 radical (unpaired) electrons. The van der Waals surface area contributed by atoms with Crippen molar-refractivity contribution in [3.05, 3.63) is 11.9 Å². The molecule has 5 heteroatoms. The van der Waals surface area contributed by atoms with Gasteiger partial charge in [0, 0.05) is 25.3 Å². The predicted molar refractivity (Wildman–Crippen MR) is 84.0 cm³/mol. The summed E-state index contributed by atoms with van der Waals surface area (Å²) >= 11 is 0.